The largest absolute Gasteiger partial charge is 0.324 e. The van der Waals surface area contributed by atoms with Crippen LogP contribution in [-0.2, 0) is 10.2 Å². The van der Waals surface area contributed by atoms with Crippen molar-refractivity contribution in [1.82, 2.24) is 15.2 Å². The summed E-state index contributed by atoms with van der Waals surface area (Å²) in [7, 11) is 0. The van der Waals surface area contributed by atoms with E-state index in [0.717, 1.165) is 5.56 Å². The van der Waals surface area contributed by atoms with Crippen molar-refractivity contribution in [3.63, 3.8) is 0 Å². The molecular formula is C20H21ClN4OS. The zero-order valence-electron chi connectivity index (χ0n) is 15.4. The summed E-state index contributed by atoms with van der Waals surface area (Å²) in [5.41, 5.74) is 2.93. The average Bonchev–Trinajstić information content (AvgIpc) is 3.10. The predicted molar refractivity (Wildman–Crippen MR) is 111 cm³/mol. The summed E-state index contributed by atoms with van der Waals surface area (Å²) in [5.74, 6) is 0.726. The van der Waals surface area contributed by atoms with Crippen LogP contribution in [0.25, 0.3) is 11.4 Å². The normalized spacial score (nSPS) is 11.4. The number of nitrogens with one attached hydrogen (secondary N) is 2. The van der Waals surface area contributed by atoms with Crippen LogP contribution in [0.2, 0.25) is 5.02 Å². The third-order valence-corrected chi connectivity index (χ3v) is 5.15. The predicted octanol–water partition coefficient (Wildman–Crippen LogP) is 5.15. The molecule has 1 amide bonds. The smallest absolute Gasteiger partial charge is 0.234 e. The van der Waals surface area contributed by atoms with Crippen LogP contribution in [0, 0.1) is 0 Å². The number of carbonyl (C=O) groups is 1. The summed E-state index contributed by atoms with van der Waals surface area (Å²) in [4.78, 5) is 16.5. The minimum atomic E-state index is -0.158. The molecule has 0 unspecified atom stereocenters. The minimum absolute atomic E-state index is 0.107. The van der Waals surface area contributed by atoms with E-state index in [-0.39, 0.29) is 17.1 Å². The van der Waals surface area contributed by atoms with Crippen LogP contribution in [0.4, 0.5) is 5.69 Å². The van der Waals surface area contributed by atoms with Gasteiger partial charge in [0, 0.05) is 5.56 Å². The number of hydrogen-bond acceptors (Lipinski definition) is 4. The van der Waals surface area contributed by atoms with Crippen molar-refractivity contribution in [2.24, 2.45) is 0 Å². The molecule has 3 aromatic rings. The van der Waals surface area contributed by atoms with Crippen LogP contribution >= 0.6 is 23.4 Å². The van der Waals surface area contributed by atoms with E-state index >= 15 is 0 Å². The van der Waals surface area contributed by atoms with Gasteiger partial charge in [-0.15, -0.1) is 5.10 Å². The Bertz CT molecular complexity index is 932. The highest BCUT2D eigenvalue weighted by molar-refractivity contribution is 7.99. The second kappa shape index (κ2) is 8.15. The number of hydrogen-bond donors (Lipinski definition) is 2. The molecule has 0 aliphatic rings. The van der Waals surface area contributed by atoms with Crippen molar-refractivity contribution in [3.8, 4) is 11.4 Å². The van der Waals surface area contributed by atoms with Gasteiger partial charge in [-0.1, -0.05) is 80.5 Å². The number of halogens is 1. The Hall–Kier alpha value is -2.31. The van der Waals surface area contributed by atoms with Crippen molar-refractivity contribution in [2.45, 2.75) is 31.3 Å². The van der Waals surface area contributed by atoms with Crippen molar-refractivity contribution in [2.75, 3.05) is 11.1 Å². The van der Waals surface area contributed by atoms with E-state index in [1.165, 1.54) is 17.3 Å². The molecule has 1 heterocycles. The molecule has 7 heteroatoms. The first-order chi connectivity index (χ1) is 12.8. The van der Waals surface area contributed by atoms with Crippen molar-refractivity contribution in [3.05, 3.63) is 59.1 Å². The van der Waals surface area contributed by atoms with Crippen molar-refractivity contribution < 1.29 is 4.79 Å². The van der Waals surface area contributed by atoms with Gasteiger partial charge in [-0.05, 0) is 23.1 Å². The van der Waals surface area contributed by atoms with Crippen LogP contribution in [-0.4, -0.2) is 26.8 Å². The van der Waals surface area contributed by atoms with Gasteiger partial charge in [0.15, 0.2) is 5.82 Å². The summed E-state index contributed by atoms with van der Waals surface area (Å²) in [6, 6.07) is 15.4. The van der Waals surface area contributed by atoms with Crippen LogP contribution < -0.4 is 5.32 Å². The third kappa shape index (κ3) is 5.11. The maximum absolute atomic E-state index is 12.1. The number of carbonyl (C=O) groups excluding carboxylic acids is 1. The molecule has 0 aliphatic carbocycles. The molecule has 0 aliphatic heterocycles. The Morgan fingerprint density at radius 2 is 1.85 bits per heavy atom. The number of aromatic amines is 1. The van der Waals surface area contributed by atoms with Gasteiger partial charge in [0.25, 0.3) is 0 Å². The van der Waals surface area contributed by atoms with E-state index in [1.54, 1.807) is 12.1 Å². The highest BCUT2D eigenvalue weighted by atomic mass is 35.5. The Balaban J connectivity index is 1.59. The van der Waals surface area contributed by atoms with Gasteiger partial charge in [0.05, 0.1) is 16.5 Å². The second-order valence-corrected chi connectivity index (χ2v) is 8.46. The summed E-state index contributed by atoms with van der Waals surface area (Å²) < 4.78 is 0. The van der Waals surface area contributed by atoms with Crippen LogP contribution in [0.3, 0.4) is 0 Å². The molecule has 3 rings (SSSR count). The number of nitrogens with zero attached hydrogens (tertiary/aromatic N) is 2. The number of anilines is 1. The minimum Gasteiger partial charge on any atom is -0.324 e. The Labute approximate surface area is 167 Å². The number of para-hydroxylation sites is 1. The maximum atomic E-state index is 12.1. The first kappa shape index (κ1) is 19.5. The van der Waals surface area contributed by atoms with E-state index in [9.17, 15) is 4.79 Å². The molecule has 2 aromatic carbocycles. The molecule has 0 fully saturated rings. The molecule has 140 valence electrons. The van der Waals surface area contributed by atoms with Gasteiger partial charge in [-0.3, -0.25) is 9.89 Å². The molecular weight excluding hydrogens is 380 g/mol. The lowest BCUT2D eigenvalue weighted by Gasteiger charge is -2.18. The standard InChI is InChI=1S/C20H21ClN4OS/c1-20(2,3)14-10-8-13(9-11-14)18-23-19(25-24-18)27-12-17(26)22-16-7-5-4-6-15(16)21/h4-11H,12H2,1-3H3,(H,22,26)(H,23,24,25). The van der Waals surface area contributed by atoms with E-state index < -0.39 is 0 Å². The van der Waals surface area contributed by atoms with E-state index in [2.05, 4.69) is 53.4 Å². The molecule has 27 heavy (non-hydrogen) atoms. The van der Waals surface area contributed by atoms with Crippen molar-refractivity contribution in [1.29, 1.82) is 0 Å². The summed E-state index contributed by atoms with van der Waals surface area (Å²) >= 11 is 7.31. The second-order valence-electron chi connectivity index (χ2n) is 7.11. The number of aromatic nitrogens is 3. The van der Waals surface area contributed by atoms with E-state index in [1.807, 2.05) is 24.3 Å². The van der Waals surface area contributed by atoms with Crippen LogP contribution in [0.15, 0.2) is 53.7 Å². The molecule has 0 saturated carbocycles. The number of H-pyrrole nitrogens is 1. The molecule has 2 N–H and O–H groups in total. The lowest BCUT2D eigenvalue weighted by Crippen LogP contribution is -2.14. The molecule has 0 spiro atoms. The zero-order chi connectivity index (χ0) is 19.4. The molecule has 0 saturated heterocycles. The van der Waals surface area contributed by atoms with Gasteiger partial charge >= 0.3 is 0 Å². The third-order valence-electron chi connectivity index (χ3n) is 3.97. The summed E-state index contributed by atoms with van der Waals surface area (Å²) in [5, 5.41) is 10.9. The highest BCUT2D eigenvalue weighted by Gasteiger charge is 2.14. The molecule has 0 atom stereocenters. The SMILES string of the molecule is CC(C)(C)c1ccc(-c2nc(SCC(=O)Nc3ccccc3Cl)n[nH]2)cc1. The molecule has 5 nitrogen and oxygen atoms in total. The Morgan fingerprint density at radius 3 is 2.52 bits per heavy atom. The molecule has 0 radical (unpaired) electrons. The number of amides is 1. The quantitative estimate of drug-likeness (QED) is 0.581. The molecule has 1 aromatic heterocycles. The summed E-state index contributed by atoms with van der Waals surface area (Å²) in [6.45, 7) is 6.54. The van der Waals surface area contributed by atoms with E-state index in [4.69, 9.17) is 11.6 Å². The maximum Gasteiger partial charge on any atom is 0.234 e. The Morgan fingerprint density at radius 1 is 1.15 bits per heavy atom. The number of thioether (sulfide) groups is 1. The fourth-order valence-corrected chi connectivity index (χ4v) is 3.23. The van der Waals surface area contributed by atoms with Crippen LogP contribution in [0.1, 0.15) is 26.3 Å². The first-order valence-corrected chi connectivity index (χ1v) is 9.90. The summed E-state index contributed by atoms with van der Waals surface area (Å²) in [6.07, 6.45) is 0. The average molecular weight is 401 g/mol. The monoisotopic (exact) mass is 400 g/mol. The lowest BCUT2D eigenvalue weighted by molar-refractivity contribution is -0.113. The topological polar surface area (TPSA) is 70.7 Å². The van der Waals surface area contributed by atoms with E-state index in [0.29, 0.717) is 21.7 Å². The lowest BCUT2D eigenvalue weighted by atomic mass is 9.87. The Kier molecular flexibility index (Phi) is 5.87. The highest BCUT2D eigenvalue weighted by Crippen LogP contribution is 2.26. The fraction of sp³-hybridized carbons (Fsp3) is 0.250. The van der Waals surface area contributed by atoms with Gasteiger partial charge in [0.2, 0.25) is 11.1 Å². The van der Waals surface area contributed by atoms with Gasteiger partial charge in [0.1, 0.15) is 0 Å². The number of rotatable bonds is 5. The van der Waals surface area contributed by atoms with Crippen LogP contribution in [0.5, 0.6) is 0 Å². The zero-order valence-corrected chi connectivity index (χ0v) is 17.0. The fourth-order valence-electron chi connectivity index (χ4n) is 2.45. The van der Waals surface area contributed by atoms with Gasteiger partial charge < -0.3 is 5.32 Å². The van der Waals surface area contributed by atoms with Crippen molar-refractivity contribution >= 4 is 35.0 Å². The first-order valence-electron chi connectivity index (χ1n) is 8.53. The van der Waals surface area contributed by atoms with Gasteiger partial charge in [-0.25, -0.2) is 4.98 Å². The number of benzene rings is 2. The molecule has 0 bridgehead atoms. The van der Waals surface area contributed by atoms with Gasteiger partial charge in [-0.2, -0.15) is 0 Å².